The Morgan fingerprint density at radius 2 is 2.22 bits per heavy atom. The molecule has 0 aromatic heterocycles. The zero-order valence-corrected chi connectivity index (χ0v) is 6.35. The molecule has 1 rings (SSSR count). The Bertz CT molecular complexity index is 79.0. The Labute approximate surface area is 57.2 Å². The van der Waals surface area contributed by atoms with Crippen molar-refractivity contribution in [3.05, 3.63) is 0 Å². The minimum absolute atomic E-state index is 0.915. The van der Waals surface area contributed by atoms with Gasteiger partial charge in [-0.3, -0.25) is 0 Å². The maximum Gasteiger partial charge on any atom is 0.0107 e. The quantitative estimate of drug-likeness (QED) is 0.586. The van der Waals surface area contributed by atoms with Gasteiger partial charge < -0.3 is 10.2 Å². The van der Waals surface area contributed by atoms with E-state index in [1.165, 1.54) is 19.4 Å². The molecule has 0 aromatic carbocycles. The molecule has 0 amide bonds. The average molecular weight is 128 g/mol. The molecule has 0 atom stereocenters. The summed E-state index contributed by atoms with van der Waals surface area (Å²) in [6, 6.07) is 0.915. The van der Waals surface area contributed by atoms with Crippen molar-refractivity contribution in [2.75, 3.05) is 27.2 Å². The van der Waals surface area contributed by atoms with Gasteiger partial charge in [-0.15, -0.1) is 0 Å². The molecule has 2 heteroatoms. The fraction of sp³-hybridized carbons (Fsp3) is 1.00. The Morgan fingerprint density at radius 1 is 1.56 bits per heavy atom. The van der Waals surface area contributed by atoms with Gasteiger partial charge in [-0.1, -0.05) is 0 Å². The lowest BCUT2D eigenvalue weighted by molar-refractivity contribution is 0.325. The minimum atomic E-state index is 0.915. The molecule has 1 N–H and O–H groups in total. The first-order valence-electron chi connectivity index (χ1n) is 3.69. The summed E-state index contributed by atoms with van der Waals surface area (Å²) in [7, 11) is 4.20. The SMILES string of the molecule is CNCCN(C)C1CC1. The van der Waals surface area contributed by atoms with E-state index in [2.05, 4.69) is 17.3 Å². The van der Waals surface area contributed by atoms with E-state index in [1.54, 1.807) is 0 Å². The van der Waals surface area contributed by atoms with Crippen LogP contribution in [0.1, 0.15) is 12.8 Å². The van der Waals surface area contributed by atoms with Gasteiger partial charge >= 0.3 is 0 Å². The molecule has 1 fully saturated rings. The summed E-state index contributed by atoms with van der Waals surface area (Å²) in [5, 5.41) is 3.14. The average Bonchev–Trinajstić information content (AvgIpc) is 2.63. The molecular formula is C7H16N2. The van der Waals surface area contributed by atoms with Crippen LogP contribution in [0, 0.1) is 0 Å². The van der Waals surface area contributed by atoms with Crippen LogP contribution in [0.2, 0.25) is 0 Å². The van der Waals surface area contributed by atoms with E-state index in [9.17, 15) is 0 Å². The van der Waals surface area contributed by atoms with Crippen LogP contribution in [0.3, 0.4) is 0 Å². The molecule has 0 aromatic rings. The van der Waals surface area contributed by atoms with E-state index in [-0.39, 0.29) is 0 Å². The van der Waals surface area contributed by atoms with Crippen molar-refractivity contribution < 1.29 is 0 Å². The Balaban J connectivity index is 1.96. The second-order valence-electron chi connectivity index (χ2n) is 2.82. The summed E-state index contributed by atoms with van der Waals surface area (Å²) in [6.45, 7) is 2.31. The van der Waals surface area contributed by atoms with Crippen molar-refractivity contribution in [3.8, 4) is 0 Å². The van der Waals surface area contributed by atoms with Gasteiger partial charge in [0.2, 0.25) is 0 Å². The lowest BCUT2D eigenvalue weighted by Crippen LogP contribution is -2.28. The molecule has 0 spiro atoms. The molecular weight excluding hydrogens is 112 g/mol. The van der Waals surface area contributed by atoms with Crippen molar-refractivity contribution >= 4 is 0 Å². The molecule has 1 aliphatic rings. The molecule has 0 bridgehead atoms. The third-order valence-electron chi connectivity index (χ3n) is 1.88. The number of hydrogen-bond acceptors (Lipinski definition) is 2. The predicted octanol–water partition coefficient (Wildman–Crippen LogP) is 0.300. The zero-order chi connectivity index (χ0) is 6.69. The molecule has 2 nitrogen and oxygen atoms in total. The standard InChI is InChI=1S/C7H16N2/c1-8-5-6-9(2)7-3-4-7/h7-8H,3-6H2,1-2H3. The van der Waals surface area contributed by atoms with E-state index in [4.69, 9.17) is 0 Å². The highest BCUT2D eigenvalue weighted by Crippen LogP contribution is 2.24. The summed E-state index contributed by atoms with van der Waals surface area (Å²) >= 11 is 0. The first-order chi connectivity index (χ1) is 4.34. The predicted molar refractivity (Wildman–Crippen MR) is 39.6 cm³/mol. The number of hydrogen-bond donors (Lipinski definition) is 1. The van der Waals surface area contributed by atoms with Gasteiger partial charge in [-0.05, 0) is 26.9 Å². The fourth-order valence-corrected chi connectivity index (χ4v) is 0.986. The monoisotopic (exact) mass is 128 g/mol. The normalized spacial score (nSPS) is 19.0. The molecule has 1 saturated carbocycles. The number of likely N-dealkylation sites (N-methyl/N-ethyl adjacent to an activating group) is 2. The summed E-state index contributed by atoms with van der Waals surface area (Å²) in [6.07, 6.45) is 2.83. The third kappa shape index (κ3) is 2.33. The van der Waals surface area contributed by atoms with Gasteiger partial charge in [-0.2, -0.15) is 0 Å². The zero-order valence-electron chi connectivity index (χ0n) is 6.35. The van der Waals surface area contributed by atoms with Gasteiger partial charge in [0.05, 0.1) is 0 Å². The van der Waals surface area contributed by atoms with Crippen LogP contribution < -0.4 is 5.32 Å². The smallest absolute Gasteiger partial charge is 0.0107 e. The van der Waals surface area contributed by atoms with Crippen LogP contribution in [0.15, 0.2) is 0 Å². The highest BCUT2D eigenvalue weighted by molar-refractivity contribution is 4.82. The molecule has 9 heavy (non-hydrogen) atoms. The van der Waals surface area contributed by atoms with Crippen LogP contribution in [0.4, 0.5) is 0 Å². The summed E-state index contributed by atoms with van der Waals surface area (Å²) in [5.74, 6) is 0. The number of nitrogens with one attached hydrogen (secondary N) is 1. The van der Waals surface area contributed by atoms with Crippen LogP contribution in [-0.4, -0.2) is 38.1 Å². The van der Waals surface area contributed by atoms with Gasteiger partial charge in [-0.25, -0.2) is 0 Å². The number of rotatable bonds is 4. The highest BCUT2D eigenvalue weighted by Gasteiger charge is 2.24. The van der Waals surface area contributed by atoms with E-state index in [0.29, 0.717) is 0 Å². The van der Waals surface area contributed by atoms with Crippen LogP contribution >= 0.6 is 0 Å². The van der Waals surface area contributed by atoms with Crippen molar-refractivity contribution in [2.45, 2.75) is 18.9 Å². The van der Waals surface area contributed by atoms with Crippen molar-refractivity contribution in [1.29, 1.82) is 0 Å². The largest absolute Gasteiger partial charge is 0.318 e. The molecule has 1 aliphatic carbocycles. The van der Waals surface area contributed by atoms with E-state index in [1.807, 2.05) is 7.05 Å². The van der Waals surface area contributed by atoms with E-state index in [0.717, 1.165) is 12.6 Å². The molecule has 0 heterocycles. The summed E-state index contributed by atoms with van der Waals surface area (Å²) < 4.78 is 0. The maximum atomic E-state index is 3.14. The van der Waals surface area contributed by atoms with Crippen molar-refractivity contribution in [1.82, 2.24) is 10.2 Å². The van der Waals surface area contributed by atoms with Crippen molar-refractivity contribution in [2.24, 2.45) is 0 Å². The molecule has 0 unspecified atom stereocenters. The van der Waals surface area contributed by atoms with Crippen LogP contribution in [-0.2, 0) is 0 Å². The highest BCUT2D eigenvalue weighted by atomic mass is 15.2. The summed E-state index contributed by atoms with van der Waals surface area (Å²) in [4.78, 5) is 2.43. The Morgan fingerprint density at radius 3 is 2.67 bits per heavy atom. The Kier molecular flexibility index (Phi) is 2.49. The van der Waals surface area contributed by atoms with Gasteiger partial charge in [0.1, 0.15) is 0 Å². The van der Waals surface area contributed by atoms with E-state index >= 15 is 0 Å². The number of nitrogens with zero attached hydrogens (tertiary/aromatic N) is 1. The third-order valence-corrected chi connectivity index (χ3v) is 1.88. The maximum absolute atomic E-state index is 3.14. The lowest BCUT2D eigenvalue weighted by atomic mass is 10.5. The van der Waals surface area contributed by atoms with E-state index < -0.39 is 0 Å². The second kappa shape index (κ2) is 3.18. The first kappa shape index (κ1) is 7.03. The lowest BCUT2D eigenvalue weighted by Gasteiger charge is -2.14. The minimum Gasteiger partial charge on any atom is -0.318 e. The van der Waals surface area contributed by atoms with Crippen LogP contribution in [0.5, 0.6) is 0 Å². The second-order valence-corrected chi connectivity index (χ2v) is 2.82. The first-order valence-corrected chi connectivity index (χ1v) is 3.69. The molecule has 0 saturated heterocycles. The molecule has 54 valence electrons. The molecule has 0 radical (unpaired) electrons. The fourth-order valence-electron chi connectivity index (χ4n) is 0.986. The topological polar surface area (TPSA) is 15.3 Å². The molecule has 0 aliphatic heterocycles. The van der Waals surface area contributed by atoms with Crippen LogP contribution in [0.25, 0.3) is 0 Å². The van der Waals surface area contributed by atoms with Gasteiger partial charge in [0.25, 0.3) is 0 Å². The van der Waals surface area contributed by atoms with Crippen molar-refractivity contribution in [3.63, 3.8) is 0 Å². The van der Waals surface area contributed by atoms with Gasteiger partial charge in [0, 0.05) is 19.1 Å². The summed E-state index contributed by atoms with van der Waals surface area (Å²) in [5.41, 5.74) is 0. The van der Waals surface area contributed by atoms with Gasteiger partial charge in [0.15, 0.2) is 0 Å². The Hall–Kier alpha value is -0.0800.